The van der Waals surface area contributed by atoms with Crippen LogP contribution in [0.4, 0.5) is 0 Å². The zero-order valence-electron chi connectivity index (χ0n) is 22.6. The molecule has 1 N–H and O–H groups in total. The van der Waals surface area contributed by atoms with Crippen LogP contribution in [0.15, 0.2) is 72.8 Å². The summed E-state index contributed by atoms with van der Waals surface area (Å²) in [7, 11) is 0. The molecule has 0 fully saturated rings. The van der Waals surface area contributed by atoms with Gasteiger partial charge in [-0.25, -0.2) is 0 Å². The van der Waals surface area contributed by atoms with Gasteiger partial charge in [-0.15, -0.1) is 0 Å². The van der Waals surface area contributed by atoms with Crippen molar-refractivity contribution in [1.82, 2.24) is 10.2 Å². The van der Waals surface area contributed by atoms with Gasteiger partial charge in [0.25, 0.3) is 5.91 Å². The number of rotatable bonds is 10. The minimum atomic E-state index is -0.819. The molecular formula is C31H36Cl2N2O3. The Morgan fingerprint density at radius 2 is 1.50 bits per heavy atom. The average Bonchev–Trinajstić information content (AvgIpc) is 2.86. The van der Waals surface area contributed by atoms with E-state index in [1.165, 1.54) is 4.90 Å². The van der Waals surface area contributed by atoms with Crippen LogP contribution in [-0.2, 0) is 22.6 Å². The van der Waals surface area contributed by atoms with Crippen molar-refractivity contribution in [3.63, 3.8) is 0 Å². The summed E-state index contributed by atoms with van der Waals surface area (Å²) in [5, 5.41) is 3.90. The van der Waals surface area contributed by atoms with E-state index in [0.29, 0.717) is 27.8 Å². The third-order valence-electron chi connectivity index (χ3n) is 6.05. The Labute approximate surface area is 236 Å². The van der Waals surface area contributed by atoms with Crippen molar-refractivity contribution >= 4 is 35.0 Å². The van der Waals surface area contributed by atoms with E-state index in [1.807, 2.05) is 75.4 Å². The third-order valence-corrected chi connectivity index (χ3v) is 6.76. The Balaban J connectivity index is 2.00. The van der Waals surface area contributed by atoms with Crippen LogP contribution in [0.2, 0.25) is 10.0 Å². The molecular weight excluding hydrogens is 519 g/mol. The molecule has 0 unspecified atom stereocenters. The van der Waals surface area contributed by atoms with Crippen molar-refractivity contribution in [2.24, 2.45) is 0 Å². The van der Waals surface area contributed by atoms with E-state index in [4.69, 9.17) is 27.9 Å². The van der Waals surface area contributed by atoms with Crippen molar-refractivity contribution in [2.45, 2.75) is 65.1 Å². The quantitative estimate of drug-likeness (QED) is 0.292. The fourth-order valence-electron chi connectivity index (χ4n) is 4.17. The van der Waals surface area contributed by atoms with Crippen LogP contribution in [0.5, 0.6) is 5.75 Å². The summed E-state index contributed by atoms with van der Waals surface area (Å²) in [6.07, 6.45) is 0.319. The fraction of sp³-hybridized carbons (Fsp3) is 0.355. The first-order valence-electron chi connectivity index (χ1n) is 12.8. The van der Waals surface area contributed by atoms with Crippen LogP contribution in [0.3, 0.4) is 0 Å². The number of carbonyl (C=O) groups is 2. The summed E-state index contributed by atoms with van der Waals surface area (Å²) in [6.45, 7) is 9.70. The van der Waals surface area contributed by atoms with Gasteiger partial charge in [-0.2, -0.15) is 0 Å². The van der Waals surface area contributed by atoms with Gasteiger partial charge in [0.15, 0.2) is 6.61 Å². The Bertz CT molecular complexity index is 1220. The zero-order valence-corrected chi connectivity index (χ0v) is 24.1. The minimum absolute atomic E-state index is 0.0571. The molecule has 7 heteroatoms. The van der Waals surface area contributed by atoms with Crippen LogP contribution >= 0.6 is 23.2 Å². The van der Waals surface area contributed by atoms with Crippen molar-refractivity contribution in [3.8, 4) is 5.75 Å². The van der Waals surface area contributed by atoms with Gasteiger partial charge in [0.2, 0.25) is 5.91 Å². The summed E-state index contributed by atoms with van der Waals surface area (Å²) < 4.78 is 6.03. The second-order valence-corrected chi connectivity index (χ2v) is 11.5. The van der Waals surface area contributed by atoms with Crippen LogP contribution in [0.25, 0.3) is 0 Å². The smallest absolute Gasteiger partial charge is 0.261 e. The van der Waals surface area contributed by atoms with E-state index in [-0.39, 0.29) is 30.9 Å². The highest BCUT2D eigenvalue weighted by Gasteiger charge is 2.33. The van der Waals surface area contributed by atoms with Gasteiger partial charge in [-0.3, -0.25) is 9.59 Å². The monoisotopic (exact) mass is 554 g/mol. The Hall–Kier alpha value is -3.02. The molecule has 0 radical (unpaired) electrons. The predicted octanol–water partition coefficient (Wildman–Crippen LogP) is 7.05. The number of carbonyl (C=O) groups excluding carboxylic acids is 2. The lowest BCUT2D eigenvalue weighted by Crippen LogP contribution is -2.55. The minimum Gasteiger partial charge on any atom is -0.483 e. The molecule has 0 saturated carbocycles. The molecule has 3 rings (SSSR count). The van der Waals surface area contributed by atoms with Crippen molar-refractivity contribution in [1.29, 1.82) is 0 Å². The first-order valence-corrected chi connectivity index (χ1v) is 13.5. The highest BCUT2D eigenvalue weighted by molar-refractivity contribution is 6.36. The molecule has 0 saturated heterocycles. The fourth-order valence-corrected chi connectivity index (χ4v) is 4.69. The molecule has 0 heterocycles. The third kappa shape index (κ3) is 8.24. The lowest BCUT2D eigenvalue weighted by atomic mass is 10.0. The van der Waals surface area contributed by atoms with Crippen molar-refractivity contribution in [3.05, 3.63) is 99.5 Å². The topological polar surface area (TPSA) is 58.6 Å². The van der Waals surface area contributed by atoms with Gasteiger partial charge in [0, 0.05) is 34.1 Å². The van der Waals surface area contributed by atoms with E-state index < -0.39 is 11.6 Å². The second-order valence-electron chi connectivity index (χ2n) is 10.6. The molecule has 0 spiro atoms. The van der Waals surface area contributed by atoms with Crippen LogP contribution in [0, 0.1) is 0 Å². The normalized spacial score (nSPS) is 12.2. The van der Waals surface area contributed by atoms with Crippen LogP contribution < -0.4 is 10.1 Å². The summed E-state index contributed by atoms with van der Waals surface area (Å²) >= 11 is 13.0. The number of nitrogens with zero attached hydrogens (tertiary/aromatic N) is 1. The van der Waals surface area contributed by atoms with E-state index in [0.717, 1.165) is 11.1 Å². The number of hydrogen-bond acceptors (Lipinski definition) is 3. The highest BCUT2D eigenvalue weighted by atomic mass is 35.5. The first-order chi connectivity index (χ1) is 18.0. The van der Waals surface area contributed by atoms with Gasteiger partial charge in [0.1, 0.15) is 11.8 Å². The number of ether oxygens (including phenoxy) is 1. The first kappa shape index (κ1) is 29.5. The van der Waals surface area contributed by atoms with Crippen LogP contribution in [-0.4, -0.2) is 34.9 Å². The van der Waals surface area contributed by atoms with E-state index in [2.05, 4.69) is 19.2 Å². The van der Waals surface area contributed by atoms with Gasteiger partial charge in [-0.05, 0) is 56.0 Å². The Morgan fingerprint density at radius 3 is 2.11 bits per heavy atom. The van der Waals surface area contributed by atoms with Gasteiger partial charge in [-0.1, -0.05) is 91.6 Å². The molecule has 3 aromatic rings. The molecule has 0 bridgehead atoms. The SMILES string of the molecule is CC(C)c1ccccc1OCC(=O)N(Cc1c(Cl)cccc1Cl)[C@H](Cc1ccccc1)C(=O)NC(C)(C)C. The van der Waals surface area contributed by atoms with Gasteiger partial charge >= 0.3 is 0 Å². The van der Waals surface area contributed by atoms with Crippen molar-refractivity contribution in [2.75, 3.05) is 6.61 Å². The summed E-state index contributed by atoms with van der Waals surface area (Å²) in [5.74, 6) is 0.262. The molecule has 0 aliphatic carbocycles. The van der Waals surface area contributed by atoms with Crippen LogP contribution in [0.1, 0.15) is 57.2 Å². The number of halogens is 2. The number of para-hydroxylation sites is 1. The molecule has 2 amide bonds. The molecule has 0 aromatic heterocycles. The maximum atomic E-state index is 13.9. The molecule has 0 aliphatic rings. The van der Waals surface area contributed by atoms with Gasteiger partial charge in [0.05, 0.1) is 0 Å². The van der Waals surface area contributed by atoms with E-state index in [1.54, 1.807) is 18.2 Å². The average molecular weight is 556 g/mol. The van der Waals surface area contributed by atoms with E-state index >= 15 is 0 Å². The standard InChI is InChI=1S/C31H36Cl2N2O3/c1-21(2)23-14-9-10-17-28(23)38-20-29(36)35(19-24-25(32)15-11-16-26(24)33)27(30(37)34-31(3,4)5)18-22-12-7-6-8-13-22/h6-17,21,27H,18-20H2,1-5H3,(H,34,37)/t27-/m1/s1. The molecule has 0 aliphatic heterocycles. The maximum absolute atomic E-state index is 13.9. The van der Waals surface area contributed by atoms with Crippen molar-refractivity contribution < 1.29 is 14.3 Å². The van der Waals surface area contributed by atoms with Gasteiger partial charge < -0.3 is 15.0 Å². The largest absolute Gasteiger partial charge is 0.483 e. The summed E-state index contributed by atoms with van der Waals surface area (Å²) in [4.78, 5) is 29.1. The maximum Gasteiger partial charge on any atom is 0.261 e. The molecule has 202 valence electrons. The molecule has 3 aromatic carbocycles. The molecule has 38 heavy (non-hydrogen) atoms. The number of amides is 2. The predicted molar refractivity (Wildman–Crippen MR) is 155 cm³/mol. The lowest BCUT2D eigenvalue weighted by Gasteiger charge is -2.34. The Morgan fingerprint density at radius 1 is 0.895 bits per heavy atom. The molecule has 1 atom stereocenters. The Kier molecular flexibility index (Phi) is 10.2. The lowest BCUT2D eigenvalue weighted by molar-refractivity contribution is -0.143. The highest BCUT2D eigenvalue weighted by Crippen LogP contribution is 2.29. The number of hydrogen-bond donors (Lipinski definition) is 1. The summed E-state index contributed by atoms with van der Waals surface area (Å²) in [5.41, 5.74) is 2.02. The second kappa shape index (κ2) is 13.2. The molecule has 5 nitrogen and oxygen atoms in total. The zero-order chi connectivity index (χ0) is 27.9. The number of benzene rings is 3. The number of nitrogens with one attached hydrogen (secondary N) is 1. The van der Waals surface area contributed by atoms with E-state index in [9.17, 15) is 9.59 Å². The summed E-state index contributed by atoms with van der Waals surface area (Å²) in [6, 6.07) is 21.7.